The van der Waals surface area contributed by atoms with Crippen LogP contribution in [0, 0.1) is 6.92 Å². The van der Waals surface area contributed by atoms with Crippen LogP contribution in [-0.4, -0.2) is 6.54 Å². The number of thiophene rings is 1. The molecule has 0 spiro atoms. The number of nitrogens with two attached hydrogens (primary N) is 1. The van der Waals surface area contributed by atoms with E-state index in [4.69, 9.17) is 5.73 Å². The van der Waals surface area contributed by atoms with Crippen LogP contribution >= 0.6 is 11.3 Å². The number of hydrogen-bond acceptors (Lipinski definition) is 3. The average Bonchev–Trinajstić information content (AvgIpc) is 2.82. The maximum absolute atomic E-state index is 6.14. The molecule has 0 fully saturated rings. The van der Waals surface area contributed by atoms with Gasteiger partial charge in [-0.15, -0.1) is 11.3 Å². The van der Waals surface area contributed by atoms with Gasteiger partial charge in [0.05, 0.1) is 17.4 Å². The number of rotatable bonds is 1. The van der Waals surface area contributed by atoms with Crippen LogP contribution in [0.15, 0.2) is 29.6 Å². The smallest absolute Gasteiger partial charge is 0.0607 e. The quantitative estimate of drug-likeness (QED) is 0.789. The monoisotopic (exact) mass is 258 g/mol. The number of nitrogen functional groups attached to an aromatic ring is 1. The van der Waals surface area contributed by atoms with E-state index < -0.39 is 0 Å². The van der Waals surface area contributed by atoms with Crippen LogP contribution in [0.25, 0.3) is 0 Å². The molecule has 1 aromatic carbocycles. The fourth-order valence-corrected chi connectivity index (χ4v) is 3.70. The van der Waals surface area contributed by atoms with Gasteiger partial charge in [0.25, 0.3) is 0 Å². The van der Waals surface area contributed by atoms with Gasteiger partial charge in [0.15, 0.2) is 0 Å². The zero-order chi connectivity index (χ0) is 12.7. The molecule has 0 bridgehead atoms. The maximum atomic E-state index is 6.14. The number of anilines is 2. The third-order valence-electron chi connectivity index (χ3n) is 3.77. The first kappa shape index (κ1) is 11.6. The van der Waals surface area contributed by atoms with E-state index in [1.54, 1.807) is 0 Å². The van der Waals surface area contributed by atoms with E-state index in [0.717, 1.165) is 18.7 Å². The molecule has 1 aliphatic heterocycles. The number of hydrogen-bond donors (Lipinski definition) is 1. The van der Waals surface area contributed by atoms with Crippen LogP contribution in [-0.2, 0) is 6.42 Å². The van der Waals surface area contributed by atoms with Crippen molar-refractivity contribution in [3.05, 3.63) is 45.6 Å². The second kappa shape index (κ2) is 4.32. The molecule has 0 aliphatic carbocycles. The van der Waals surface area contributed by atoms with Crippen molar-refractivity contribution in [1.29, 1.82) is 0 Å². The van der Waals surface area contributed by atoms with E-state index in [-0.39, 0.29) is 0 Å². The lowest BCUT2D eigenvalue weighted by molar-refractivity contribution is 0.633. The predicted molar refractivity (Wildman–Crippen MR) is 79.4 cm³/mol. The number of nitrogens with zero attached hydrogens (tertiary/aromatic N) is 1. The van der Waals surface area contributed by atoms with E-state index >= 15 is 0 Å². The first-order valence-electron chi connectivity index (χ1n) is 6.36. The molecule has 2 aromatic rings. The summed E-state index contributed by atoms with van der Waals surface area (Å²) in [6.07, 6.45) is 1.13. The molecule has 2 nitrogen and oxygen atoms in total. The van der Waals surface area contributed by atoms with E-state index in [0.29, 0.717) is 6.04 Å². The lowest BCUT2D eigenvalue weighted by Gasteiger charge is -2.36. The van der Waals surface area contributed by atoms with Gasteiger partial charge in [-0.2, -0.15) is 0 Å². The van der Waals surface area contributed by atoms with E-state index in [2.05, 4.69) is 42.3 Å². The summed E-state index contributed by atoms with van der Waals surface area (Å²) in [6, 6.07) is 8.96. The SMILES string of the molecule is Cc1ccc(N)c(N2CCc3sccc3C2C)c1. The second-order valence-corrected chi connectivity index (χ2v) is 5.98. The maximum Gasteiger partial charge on any atom is 0.0607 e. The minimum absolute atomic E-state index is 0.420. The van der Waals surface area contributed by atoms with Crippen molar-refractivity contribution in [2.24, 2.45) is 0 Å². The molecule has 3 rings (SSSR count). The largest absolute Gasteiger partial charge is 0.397 e. The number of benzene rings is 1. The first-order valence-corrected chi connectivity index (χ1v) is 7.24. The highest BCUT2D eigenvalue weighted by Crippen LogP contribution is 2.38. The summed E-state index contributed by atoms with van der Waals surface area (Å²) in [7, 11) is 0. The van der Waals surface area contributed by atoms with Gasteiger partial charge < -0.3 is 10.6 Å². The molecule has 0 saturated heterocycles. The van der Waals surface area contributed by atoms with E-state index in [9.17, 15) is 0 Å². The Kier molecular flexibility index (Phi) is 2.78. The molecule has 1 atom stereocenters. The van der Waals surface area contributed by atoms with Crippen molar-refractivity contribution in [1.82, 2.24) is 0 Å². The highest BCUT2D eigenvalue weighted by atomic mass is 32.1. The summed E-state index contributed by atoms with van der Waals surface area (Å²) in [5.41, 5.74) is 10.9. The Morgan fingerprint density at radius 2 is 2.17 bits per heavy atom. The molecule has 2 N–H and O–H groups in total. The van der Waals surface area contributed by atoms with Crippen LogP contribution in [0.1, 0.15) is 29.0 Å². The normalized spacial score (nSPS) is 18.8. The van der Waals surface area contributed by atoms with Crippen molar-refractivity contribution in [2.45, 2.75) is 26.3 Å². The third-order valence-corrected chi connectivity index (χ3v) is 4.77. The summed E-state index contributed by atoms with van der Waals surface area (Å²) >= 11 is 1.88. The minimum atomic E-state index is 0.420. The van der Waals surface area contributed by atoms with Gasteiger partial charge in [-0.3, -0.25) is 0 Å². The Labute approximate surface area is 112 Å². The van der Waals surface area contributed by atoms with Crippen molar-refractivity contribution in [3.63, 3.8) is 0 Å². The van der Waals surface area contributed by atoms with Crippen LogP contribution in [0.4, 0.5) is 11.4 Å². The Balaban J connectivity index is 2.01. The van der Waals surface area contributed by atoms with Gasteiger partial charge in [-0.25, -0.2) is 0 Å². The molecular formula is C15H18N2S. The Morgan fingerprint density at radius 3 is 3.00 bits per heavy atom. The topological polar surface area (TPSA) is 29.3 Å². The molecule has 18 heavy (non-hydrogen) atoms. The Bertz CT molecular complexity index is 574. The third kappa shape index (κ3) is 1.79. The zero-order valence-corrected chi connectivity index (χ0v) is 11.6. The highest BCUT2D eigenvalue weighted by molar-refractivity contribution is 7.10. The summed E-state index contributed by atoms with van der Waals surface area (Å²) < 4.78 is 0. The molecule has 1 aliphatic rings. The van der Waals surface area contributed by atoms with Crippen LogP contribution < -0.4 is 10.6 Å². The van der Waals surface area contributed by atoms with Gasteiger partial charge in [0.1, 0.15) is 0 Å². The van der Waals surface area contributed by atoms with E-state index in [1.165, 1.54) is 21.7 Å². The lowest BCUT2D eigenvalue weighted by atomic mass is 10.00. The molecule has 2 heterocycles. The number of fused-ring (bicyclic) bond motifs is 1. The summed E-state index contributed by atoms with van der Waals surface area (Å²) in [4.78, 5) is 3.96. The first-order chi connectivity index (χ1) is 8.66. The summed E-state index contributed by atoms with van der Waals surface area (Å²) in [5, 5.41) is 2.20. The Morgan fingerprint density at radius 1 is 1.33 bits per heavy atom. The van der Waals surface area contributed by atoms with Gasteiger partial charge in [-0.1, -0.05) is 6.07 Å². The van der Waals surface area contributed by atoms with Crippen molar-refractivity contribution >= 4 is 22.7 Å². The lowest BCUT2D eigenvalue weighted by Crippen LogP contribution is -2.33. The summed E-state index contributed by atoms with van der Waals surface area (Å²) in [6.45, 7) is 5.45. The zero-order valence-electron chi connectivity index (χ0n) is 10.8. The molecular weight excluding hydrogens is 240 g/mol. The summed E-state index contributed by atoms with van der Waals surface area (Å²) in [5.74, 6) is 0. The highest BCUT2D eigenvalue weighted by Gasteiger charge is 2.25. The standard InChI is InChI=1S/C15H18N2S/c1-10-3-4-13(16)14(9-10)17-7-5-15-12(11(17)2)6-8-18-15/h3-4,6,8-9,11H,5,7,16H2,1-2H3. The van der Waals surface area contributed by atoms with Gasteiger partial charge >= 0.3 is 0 Å². The van der Waals surface area contributed by atoms with Crippen molar-refractivity contribution in [2.75, 3.05) is 17.2 Å². The van der Waals surface area contributed by atoms with Crippen molar-refractivity contribution in [3.8, 4) is 0 Å². The van der Waals surface area contributed by atoms with Gasteiger partial charge in [0, 0.05) is 11.4 Å². The van der Waals surface area contributed by atoms with Crippen LogP contribution in [0.2, 0.25) is 0 Å². The minimum Gasteiger partial charge on any atom is -0.397 e. The van der Waals surface area contributed by atoms with Crippen LogP contribution in [0.3, 0.4) is 0 Å². The van der Waals surface area contributed by atoms with Crippen molar-refractivity contribution < 1.29 is 0 Å². The molecule has 0 radical (unpaired) electrons. The fraction of sp³-hybridized carbons (Fsp3) is 0.333. The molecule has 1 aromatic heterocycles. The van der Waals surface area contributed by atoms with Gasteiger partial charge in [0.2, 0.25) is 0 Å². The van der Waals surface area contributed by atoms with Crippen LogP contribution in [0.5, 0.6) is 0 Å². The van der Waals surface area contributed by atoms with E-state index in [1.807, 2.05) is 17.4 Å². The molecule has 0 saturated carbocycles. The van der Waals surface area contributed by atoms with Gasteiger partial charge in [-0.05, 0) is 55.0 Å². The molecule has 94 valence electrons. The Hall–Kier alpha value is -1.48. The molecule has 1 unspecified atom stereocenters. The molecule has 0 amide bonds. The number of aryl methyl sites for hydroxylation is 1. The molecule has 3 heteroatoms. The predicted octanol–water partition coefficient (Wildman–Crippen LogP) is 3.76. The second-order valence-electron chi connectivity index (χ2n) is 4.98. The fourth-order valence-electron chi connectivity index (χ4n) is 2.74. The average molecular weight is 258 g/mol.